The standard InChI is InChI=1S/C9H12O2S/c1-6(2)11-9-5-4-8(12-9)7(3)10/h4-6H,1-3H3. The minimum atomic E-state index is 0.0959. The molecule has 1 aromatic heterocycles. The van der Waals surface area contributed by atoms with Crippen LogP contribution in [0.3, 0.4) is 0 Å². The number of rotatable bonds is 3. The molecule has 0 bridgehead atoms. The zero-order valence-corrected chi connectivity index (χ0v) is 8.27. The molecule has 1 aromatic rings. The molecule has 0 radical (unpaired) electrons. The van der Waals surface area contributed by atoms with Gasteiger partial charge in [0.15, 0.2) is 10.8 Å². The highest BCUT2D eigenvalue weighted by molar-refractivity contribution is 7.15. The van der Waals surface area contributed by atoms with Gasteiger partial charge in [-0.15, -0.1) is 0 Å². The molecule has 0 saturated heterocycles. The number of hydrogen-bond donors (Lipinski definition) is 0. The van der Waals surface area contributed by atoms with Crippen molar-refractivity contribution >= 4 is 17.1 Å². The fourth-order valence-corrected chi connectivity index (χ4v) is 1.68. The Morgan fingerprint density at radius 1 is 1.50 bits per heavy atom. The summed E-state index contributed by atoms with van der Waals surface area (Å²) in [4.78, 5) is 11.7. The lowest BCUT2D eigenvalue weighted by molar-refractivity contribution is 0.102. The van der Waals surface area contributed by atoms with E-state index < -0.39 is 0 Å². The van der Waals surface area contributed by atoms with E-state index in [4.69, 9.17) is 4.74 Å². The van der Waals surface area contributed by atoms with Crippen molar-refractivity contribution in [3.63, 3.8) is 0 Å². The van der Waals surface area contributed by atoms with Crippen molar-refractivity contribution in [2.75, 3.05) is 0 Å². The van der Waals surface area contributed by atoms with Gasteiger partial charge in [-0.1, -0.05) is 11.3 Å². The number of carbonyl (C=O) groups excluding carboxylic acids is 1. The summed E-state index contributed by atoms with van der Waals surface area (Å²) in [7, 11) is 0. The molecular formula is C9H12O2S. The molecular weight excluding hydrogens is 172 g/mol. The number of Topliss-reactive ketones (excluding diaryl/α,β-unsaturated/α-hetero) is 1. The van der Waals surface area contributed by atoms with Gasteiger partial charge in [0.25, 0.3) is 0 Å². The van der Waals surface area contributed by atoms with E-state index in [1.165, 1.54) is 11.3 Å². The lowest BCUT2D eigenvalue weighted by Crippen LogP contribution is -2.03. The van der Waals surface area contributed by atoms with E-state index in [0.717, 1.165) is 9.94 Å². The summed E-state index contributed by atoms with van der Waals surface area (Å²) in [5.41, 5.74) is 0. The third kappa shape index (κ3) is 2.34. The number of thiophene rings is 1. The van der Waals surface area contributed by atoms with Gasteiger partial charge in [-0.2, -0.15) is 0 Å². The van der Waals surface area contributed by atoms with Gasteiger partial charge in [0.05, 0.1) is 11.0 Å². The summed E-state index contributed by atoms with van der Waals surface area (Å²) in [5, 5.41) is 0.815. The van der Waals surface area contributed by atoms with Crippen molar-refractivity contribution in [1.82, 2.24) is 0 Å². The number of ketones is 1. The molecule has 0 aromatic carbocycles. The smallest absolute Gasteiger partial charge is 0.174 e. The van der Waals surface area contributed by atoms with Crippen LogP contribution in [-0.4, -0.2) is 11.9 Å². The van der Waals surface area contributed by atoms with Crippen LogP contribution in [0.25, 0.3) is 0 Å². The van der Waals surface area contributed by atoms with Gasteiger partial charge < -0.3 is 4.74 Å². The van der Waals surface area contributed by atoms with Crippen LogP contribution in [0.1, 0.15) is 30.4 Å². The second-order valence-corrected chi connectivity index (χ2v) is 3.89. The SMILES string of the molecule is CC(=O)c1ccc(OC(C)C)s1. The van der Waals surface area contributed by atoms with Crippen LogP contribution < -0.4 is 4.74 Å². The summed E-state index contributed by atoms with van der Waals surface area (Å²) in [6, 6.07) is 3.63. The molecule has 0 fully saturated rings. The van der Waals surface area contributed by atoms with E-state index in [9.17, 15) is 4.79 Å². The Balaban J connectivity index is 2.71. The van der Waals surface area contributed by atoms with Crippen LogP contribution in [-0.2, 0) is 0 Å². The maximum absolute atomic E-state index is 10.9. The Kier molecular flexibility index (Phi) is 2.87. The number of carbonyl (C=O) groups is 1. The first-order valence-electron chi connectivity index (χ1n) is 3.87. The van der Waals surface area contributed by atoms with Crippen molar-refractivity contribution in [3.8, 4) is 5.06 Å². The molecule has 0 atom stereocenters. The predicted molar refractivity (Wildman–Crippen MR) is 50.1 cm³/mol. The number of ether oxygens (including phenoxy) is 1. The van der Waals surface area contributed by atoms with E-state index >= 15 is 0 Å². The zero-order chi connectivity index (χ0) is 9.14. The summed E-state index contributed by atoms with van der Waals surface area (Å²) in [5.74, 6) is 0.0959. The molecule has 66 valence electrons. The highest BCUT2D eigenvalue weighted by Gasteiger charge is 2.05. The van der Waals surface area contributed by atoms with Crippen LogP contribution in [0.15, 0.2) is 12.1 Å². The van der Waals surface area contributed by atoms with E-state index in [-0.39, 0.29) is 11.9 Å². The van der Waals surface area contributed by atoms with E-state index in [2.05, 4.69) is 0 Å². The van der Waals surface area contributed by atoms with Crippen molar-refractivity contribution in [1.29, 1.82) is 0 Å². The second-order valence-electron chi connectivity index (χ2n) is 2.84. The second kappa shape index (κ2) is 3.72. The molecule has 0 amide bonds. The normalized spacial score (nSPS) is 10.3. The fraction of sp³-hybridized carbons (Fsp3) is 0.444. The van der Waals surface area contributed by atoms with Gasteiger partial charge in [0, 0.05) is 0 Å². The third-order valence-corrected chi connectivity index (χ3v) is 2.36. The van der Waals surface area contributed by atoms with E-state index in [0.29, 0.717) is 0 Å². The first kappa shape index (κ1) is 9.26. The van der Waals surface area contributed by atoms with Crippen LogP contribution in [0.2, 0.25) is 0 Å². The molecule has 0 saturated carbocycles. The van der Waals surface area contributed by atoms with Crippen LogP contribution >= 0.6 is 11.3 Å². The highest BCUT2D eigenvalue weighted by Crippen LogP contribution is 2.25. The maximum atomic E-state index is 10.9. The molecule has 1 heterocycles. The van der Waals surface area contributed by atoms with Gasteiger partial charge in [-0.3, -0.25) is 4.79 Å². The average molecular weight is 184 g/mol. The van der Waals surface area contributed by atoms with Crippen LogP contribution in [0.4, 0.5) is 0 Å². The molecule has 3 heteroatoms. The Morgan fingerprint density at radius 3 is 2.58 bits per heavy atom. The van der Waals surface area contributed by atoms with Gasteiger partial charge >= 0.3 is 0 Å². The first-order valence-corrected chi connectivity index (χ1v) is 4.68. The Bertz CT molecular complexity index is 276. The molecule has 0 aliphatic rings. The van der Waals surface area contributed by atoms with Crippen molar-refractivity contribution < 1.29 is 9.53 Å². The monoisotopic (exact) mass is 184 g/mol. The van der Waals surface area contributed by atoms with Crippen LogP contribution in [0, 0.1) is 0 Å². The molecule has 0 spiro atoms. The molecule has 12 heavy (non-hydrogen) atoms. The first-order chi connectivity index (χ1) is 5.59. The van der Waals surface area contributed by atoms with Crippen molar-refractivity contribution in [2.24, 2.45) is 0 Å². The molecule has 2 nitrogen and oxygen atoms in total. The summed E-state index contributed by atoms with van der Waals surface area (Å²) >= 11 is 1.40. The van der Waals surface area contributed by atoms with E-state index in [1.54, 1.807) is 13.0 Å². The minimum Gasteiger partial charge on any atom is -0.481 e. The topological polar surface area (TPSA) is 26.3 Å². The summed E-state index contributed by atoms with van der Waals surface area (Å²) in [6.45, 7) is 5.49. The van der Waals surface area contributed by atoms with Gasteiger partial charge in [0.1, 0.15) is 0 Å². The summed E-state index contributed by atoms with van der Waals surface area (Å²) in [6.07, 6.45) is 0.170. The molecule has 0 aliphatic heterocycles. The Labute approximate surface area is 76.2 Å². The van der Waals surface area contributed by atoms with Crippen molar-refractivity contribution in [3.05, 3.63) is 17.0 Å². The lowest BCUT2D eigenvalue weighted by atomic mass is 10.4. The molecule has 0 N–H and O–H groups in total. The molecule has 1 rings (SSSR count). The van der Waals surface area contributed by atoms with Crippen molar-refractivity contribution in [2.45, 2.75) is 26.9 Å². The minimum absolute atomic E-state index is 0.0959. The fourth-order valence-electron chi connectivity index (χ4n) is 0.805. The average Bonchev–Trinajstić information content (AvgIpc) is 2.34. The maximum Gasteiger partial charge on any atom is 0.174 e. The zero-order valence-electron chi connectivity index (χ0n) is 7.46. The van der Waals surface area contributed by atoms with E-state index in [1.807, 2.05) is 19.9 Å². The van der Waals surface area contributed by atoms with Gasteiger partial charge in [-0.25, -0.2) is 0 Å². The summed E-state index contributed by atoms with van der Waals surface area (Å²) < 4.78 is 5.41. The Hall–Kier alpha value is -0.830. The largest absolute Gasteiger partial charge is 0.481 e. The highest BCUT2D eigenvalue weighted by atomic mass is 32.1. The quantitative estimate of drug-likeness (QED) is 0.675. The predicted octanol–water partition coefficient (Wildman–Crippen LogP) is 2.74. The lowest BCUT2D eigenvalue weighted by Gasteiger charge is -2.05. The molecule has 0 unspecified atom stereocenters. The number of hydrogen-bond acceptors (Lipinski definition) is 3. The Morgan fingerprint density at radius 2 is 2.17 bits per heavy atom. The van der Waals surface area contributed by atoms with Crippen LogP contribution in [0.5, 0.6) is 5.06 Å². The molecule has 0 aliphatic carbocycles. The van der Waals surface area contributed by atoms with Gasteiger partial charge in [0.2, 0.25) is 0 Å². The van der Waals surface area contributed by atoms with Gasteiger partial charge in [-0.05, 0) is 32.9 Å². The third-order valence-electron chi connectivity index (χ3n) is 1.28.